The van der Waals surface area contributed by atoms with Crippen LogP contribution in [0.15, 0.2) is 148 Å². The molecule has 764 valence electrons. The molecule has 4 aromatic heterocycles. The van der Waals surface area contributed by atoms with Crippen molar-refractivity contribution in [2.24, 2.45) is 21.6 Å². The lowest BCUT2D eigenvalue weighted by Crippen LogP contribution is -2.59. The molecule has 145 heavy (non-hydrogen) atoms. The number of aliphatic imine (C=N–C) groups is 1. The van der Waals surface area contributed by atoms with E-state index >= 15 is 0 Å². The van der Waals surface area contributed by atoms with Gasteiger partial charge in [0.1, 0.15) is 59.1 Å². The van der Waals surface area contributed by atoms with Gasteiger partial charge in [-0.15, -0.1) is 23.4 Å². The number of rotatable bonds is 47. The van der Waals surface area contributed by atoms with Crippen molar-refractivity contribution in [3.8, 4) is 11.5 Å². The standard InChI is InChI=1S/C53H51ClN8O10S.C40H51N15O17/c1-5-73-46-27-47(64)61(51(46)67)19-21-71-52(31-10-14-36(69-4)15-11-31)70-20-18-29(2)59-60-53(68)56-35-13-17-40-32(23-35)24-42(57-40)49(65)55-34-12-16-41-33(22-34)25-43(58-41)50(66)62-28-39(54)48-38-9-7-6-8-37(38)45(26-44(48)62)72-30(3)63;1-16(37(69)70)47-33(65)23(12-27(59)60)53-35(67)24(13-28(61)62)52-32(64)20(3-2-10-44-39(41)42)50-34(66)22(11-26(57)58)49-25(56)9-8-21(38(71)72)51-31(63)17-4-6-18(7-5-17)45-14-19-15-46-30-29(48-19)36(68)55-40(43)54-30/h6-17,22-26,39,46,52,57-58H,5,18-21,27-28H2,1-4H3,(H,55,65)(H2,56,60,68);4-7,15-16,20-24,45H,2-3,8-14H2,1H3,(H,47,65)(H,49,56)(H,50,66)(H,51,63)(H,52,64)(H,53,67)(H,57,58)(H,59,60)(H,61,62)(H,69,70)(H,71,72)(H4,41,42,44)(H3,43,46,54,55,68)/b59-29-;/t;16-,20+,21+,22+,23+,24+/m.1/s1. The monoisotopic (exact) mass is 2040 g/mol. The number of alkyl halides is 1. The summed E-state index contributed by atoms with van der Waals surface area (Å²) in [6.07, 6.45) is -4.11. The number of benzene rings is 6. The first-order valence-electron chi connectivity index (χ1n) is 44.6. The normalized spacial score (nSPS) is 14.6. The summed E-state index contributed by atoms with van der Waals surface area (Å²) in [4.78, 5) is 255. The fourth-order valence-corrected chi connectivity index (χ4v) is 16.3. The van der Waals surface area contributed by atoms with Crippen LogP contribution in [0.4, 0.5) is 33.5 Å². The fraction of sp³-hybridized carbons (Fsp3) is 0.323. The molecule has 6 aromatic carbocycles. The number of hydrazone groups is 1. The lowest BCUT2D eigenvalue weighted by molar-refractivity contribution is -0.155. The molecule has 52 heteroatoms. The number of likely N-dealkylation sites (tertiary alicyclic amines) is 1. The number of aliphatic carboxylic acids is 5. The highest BCUT2D eigenvalue weighted by atomic mass is 35.5. The molecule has 50 nitrogen and oxygen atoms in total. The number of anilines is 5. The number of carboxylic acids is 5. The van der Waals surface area contributed by atoms with E-state index in [-0.39, 0.29) is 110 Å². The number of hydrogen-bond acceptors (Lipinski definition) is 30. The molecule has 12 rings (SSSR count). The number of hydrogen-bond donors (Lipinski definition) is 21. The van der Waals surface area contributed by atoms with E-state index in [1.165, 1.54) is 54.0 Å². The van der Waals surface area contributed by atoms with Gasteiger partial charge in [-0.2, -0.15) is 10.1 Å². The Morgan fingerprint density at radius 2 is 1.23 bits per heavy atom. The quantitative estimate of drug-likeness (QED) is 0.00291. The second-order valence-electron chi connectivity index (χ2n) is 32.7. The maximum absolute atomic E-state index is 14.1. The third kappa shape index (κ3) is 30.2. The third-order valence-corrected chi connectivity index (χ3v) is 23.5. The zero-order valence-electron chi connectivity index (χ0n) is 78.1. The van der Waals surface area contributed by atoms with Crippen LogP contribution in [0.2, 0.25) is 0 Å². The number of methoxy groups -OCH3 is 1. The van der Waals surface area contributed by atoms with Crippen molar-refractivity contribution in [1.29, 1.82) is 0 Å². The third-order valence-electron chi connectivity index (χ3n) is 22.1. The van der Waals surface area contributed by atoms with Crippen LogP contribution in [0.1, 0.15) is 145 Å². The van der Waals surface area contributed by atoms with Crippen molar-refractivity contribution in [2.45, 2.75) is 145 Å². The number of imide groups is 1. The minimum atomic E-state index is -2.08. The Kier molecular flexibility index (Phi) is 37.5. The van der Waals surface area contributed by atoms with Crippen LogP contribution in [-0.4, -0.2) is 260 Å². The van der Waals surface area contributed by atoms with Gasteiger partial charge in [-0.25, -0.2) is 25.0 Å². The maximum atomic E-state index is 14.1. The Balaban J connectivity index is 0.000000276. The number of nitrogens with two attached hydrogens (primary N) is 3. The summed E-state index contributed by atoms with van der Waals surface area (Å²) in [7, 11) is 1.57. The average molecular weight is 2040 g/mol. The van der Waals surface area contributed by atoms with Crippen LogP contribution in [0.3, 0.4) is 0 Å². The van der Waals surface area contributed by atoms with Gasteiger partial charge in [0.2, 0.25) is 47.3 Å². The number of esters is 1. The van der Waals surface area contributed by atoms with E-state index in [0.29, 0.717) is 85.1 Å². The molecule has 3 unspecified atom stereocenters. The number of urea groups is 1. The van der Waals surface area contributed by atoms with Crippen LogP contribution in [0, 0.1) is 0 Å². The van der Waals surface area contributed by atoms with Crippen LogP contribution in [0.25, 0.3) is 43.7 Å². The second kappa shape index (κ2) is 50.2. The van der Waals surface area contributed by atoms with Crippen LogP contribution in [0.5, 0.6) is 11.5 Å². The number of carbonyl (C=O) groups is 17. The summed E-state index contributed by atoms with van der Waals surface area (Å²) in [6.45, 7) is 6.54. The topological polar surface area (TPSA) is 761 Å². The fourth-order valence-electron chi connectivity index (χ4n) is 15.0. The van der Waals surface area contributed by atoms with E-state index in [1.54, 1.807) is 85.7 Å². The molecule has 0 aliphatic carbocycles. The van der Waals surface area contributed by atoms with E-state index in [1.807, 2.05) is 54.0 Å². The summed E-state index contributed by atoms with van der Waals surface area (Å²) in [5.74, 6) is -15.8. The number of carbonyl (C=O) groups excluding carboxylic acids is 12. The van der Waals surface area contributed by atoms with Gasteiger partial charge in [0.25, 0.3) is 23.3 Å². The largest absolute Gasteiger partial charge is 0.497 e. The van der Waals surface area contributed by atoms with Gasteiger partial charge in [0.15, 0.2) is 23.4 Å². The van der Waals surface area contributed by atoms with Gasteiger partial charge in [-0.05, 0) is 129 Å². The highest BCUT2D eigenvalue weighted by Crippen LogP contribution is 2.47. The van der Waals surface area contributed by atoms with Gasteiger partial charge < -0.3 is 124 Å². The number of aromatic amines is 3. The first-order chi connectivity index (χ1) is 69.1. The number of nitrogen functional groups attached to an aromatic ring is 1. The number of halogens is 1. The lowest BCUT2D eigenvalue weighted by Gasteiger charge is -2.26. The maximum Gasteiger partial charge on any atom is 0.339 e. The van der Waals surface area contributed by atoms with Gasteiger partial charge in [-0.1, -0.05) is 43.3 Å². The average Bonchev–Trinajstić information content (AvgIpc) is 1.60. The van der Waals surface area contributed by atoms with Crippen molar-refractivity contribution >= 4 is 208 Å². The Labute approximate surface area is 830 Å². The minimum absolute atomic E-state index is 0.000586. The van der Waals surface area contributed by atoms with Crippen molar-refractivity contribution in [3.63, 3.8) is 0 Å². The summed E-state index contributed by atoms with van der Waals surface area (Å²) in [5, 5.41) is 74.8. The smallest absolute Gasteiger partial charge is 0.339 e. The molecule has 24 N–H and O–H groups in total. The molecule has 0 spiro atoms. The van der Waals surface area contributed by atoms with Crippen molar-refractivity contribution < 1.29 is 126 Å². The summed E-state index contributed by atoms with van der Waals surface area (Å²) in [6, 6.07) is 24.2. The number of aromatic nitrogens is 6. The zero-order valence-corrected chi connectivity index (χ0v) is 79.7. The molecule has 0 bridgehead atoms. The molecule has 6 heterocycles. The number of guanidine groups is 1. The predicted octanol–water partition coefficient (Wildman–Crippen LogP) is 4.31. The molecule has 1 saturated heterocycles. The number of nitrogens with one attached hydrogen (secondary N) is 13. The lowest BCUT2D eigenvalue weighted by atomic mass is 10.0. The van der Waals surface area contributed by atoms with Gasteiger partial charge >= 0.3 is 41.8 Å². The van der Waals surface area contributed by atoms with Gasteiger partial charge in [0.05, 0.1) is 80.9 Å². The summed E-state index contributed by atoms with van der Waals surface area (Å²) < 4.78 is 23.0. The number of amides is 12. The first kappa shape index (κ1) is 108. The first-order valence-corrected chi connectivity index (χ1v) is 46.1. The molecular weight excluding hydrogens is 1940 g/mol. The van der Waals surface area contributed by atoms with E-state index in [0.717, 1.165) is 29.0 Å². The number of fused-ring (bicyclic) bond motifs is 6. The SMILES string of the molecule is CCSC1CC(=O)N(CCOC(OCC/C(C)=N\NC(=O)Nc2ccc3[nH]c(C(=O)Nc4ccc5[nH]c(C(=O)N6CC(Cl)c7c6cc(OC(C)=O)c6ccccc76)cc5c4)cc3c2)c2ccc(OC)cc2)C1=O.C[C@@H](NC(=O)[C@H](CC(=O)O)NC(=O)[C@H](CC(=O)O)NC(=O)[C@H](CCCN=C(N)N)NC(=O)[C@H](CC(=O)O)NC(=O)CC[C@H](NC(=O)c1ccc(NCc2cnc3nc(N)[nH]c(=O)c3n2)cc1)C(=O)O)C(=O)O. The van der Waals surface area contributed by atoms with E-state index in [9.17, 15) is 107 Å². The second-order valence-corrected chi connectivity index (χ2v) is 34.7. The molecule has 2 aliphatic heterocycles. The molecule has 0 saturated carbocycles. The molecule has 2 aliphatic rings. The number of nitrogens with zero attached hydrogens (tertiary/aromatic N) is 7. The summed E-state index contributed by atoms with van der Waals surface area (Å²) in [5.41, 5.74) is 24.5. The number of thioether (sulfide) groups is 1. The Morgan fingerprint density at radius 1 is 0.634 bits per heavy atom. The van der Waals surface area contributed by atoms with E-state index in [2.05, 4.69) is 82.6 Å². The van der Waals surface area contributed by atoms with Crippen LogP contribution in [-0.2, 0) is 78.3 Å². The molecule has 1 fully saturated rings. The van der Waals surface area contributed by atoms with Gasteiger partial charge in [-0.3, -0.25) is 91.6 Å². The van der Waals surface area contributed by atoms with Gasteiger partial charge in [0, 0.05) is 112 Å². The van der Waals surface area contributed by atoms with Crippen molar-refractivity contribution in [2.75, 3.05) is 72.3 Å². The van der Waals surface area contributed by atoms with Crippen molar-refractivity contribution in [1.82, 2.24) is 72.1 Å². The Morgan fingerprint density at radius 3 is 1.84 bits per heavy atom. The Hall–Kier alpha value is -17.2. The summed E-state index contributed by atoms with van der Waals surface area (Å²) >= 11 is 8.31. The van der Waals surface area contributed by atoms with E-state index < -0.39 is 175 Å². The molecule has 12 amide bonds. The molecule has 10 aromatic rings. The molecule has 0 radical (unpaired) electrons. The number of carboxylic acid groups (broad SMARTS) is 5. The number of ether oxygens (including phenoxy) is 4. The highest BCUT2D eigenvalue weighted by Gasteiger charge is 2.41. The Bertz CT molecular complexity index is 6750. The zero-order chi connectivity index (χ0) is 105. The van der Waals surface area contributed by atoms with Crippen molar-refractivity contribution in [3.05, 3.63) is 178 Å². The number of H-pyrrole nitrogens is 3. The molecular formula is C93H102ClN23O27S. The van der Waals surface area contributed by atoms with Crippen LogP contribution >= 0.6 is 23.4 Å². The molecule has 9 atom stereocenters. The highest BCUT2D eigenvalue weighted by molar-refractivity contribution is 8.00. The minimum Gasteiger partial charge on any atom is -0.497 e. The van der Waals surface area contributed by atoms with E-state index in [4.69, 9.17) is 52.9 Å². The van der Waals surface area contributed by atoms with Crippen LogP contribution < -0.4 is 90.4 Å². The predicted molar refractivity (Wildman–Crippen MR) is 525 cm³/mol.